The Morgan fingerprint density at radius 1 is 1.67 bits per heavy atom. The van der Waals surface area contributed by atoms with Gasteiger partial charge in [0.05, 0.1) is 18.6 Å². The van der Waals surface area contributed by atoms with E-state index in [4.69, 9.17) is 27.9 Å². The summed E-state index contributed by atoms with van der Waals surface area (Å²) in [6.45, 7) is 4.09. The molecule has 4 heteroatoms. The van der Waals surface area contributed by atoms with Gasteiger partial charge in [0.15, 0.2) is 0 Å². The maximum absolute atomic E-state index is 5.96. The molecule has 0 aromatic heterocycles. The highest BCUT2D eigenvalue weighted by Gasteiger charge is 2.25. The van der Waals surface area contributed by atoms with Crippen molar-refractivity contribution < 1.29 is 4.74 Å². The number of alkyl halides is 1. The van der Waals surface area contributed by atoms with Gasteiger partial charge in [-0.2, -0.15) is 0 Å². The summed E-state index contributed by atoms with van der Waals surface area (Å²) in [5.41, 5.74) is 2.68. The van der Waals surface area contributed by atoms with Crippen LogP contribution in [0.3, 0.4) is 0 Å². The Bertz CT molecular complexity index is 172. The van der Waals surface area contributed by atoms with E-state index in [9.17, 15) is 0 Å². The lowest BCUT2D eigenvalue weighted by Crippen LogP contribution is -2.37. The monoisotopic (exact) mass is 209 g/mol. The zero-order valence-electron chi connectivity index (χ0n) is 7.02. The van der Waals surface area contributed by atoms with E-state index in [1.54, 1.807) is 5.54 Å². The minimum absolute atomic E-state index is 0.0909. The van der Waals surface area contributed by atoms with Crippen molar-refractivity contribution in [1.82, 2.24) is 5.32 Å². The van der Waals surface area contributed by atoms with E-state index in [1.165, 1.54) is 0 Å². The van der Waals surface area contributed by atoms with Gasteiger partial charge in [-0.1, -0.05) is 11.6 Å². The van der Waals surface area contributed by atoms with Gasteiger partial charge < -0.3 is 10.1 Å². The van der Waals surface area contributed by atoms with Crippen LogP contribution in [-0.4, -0.2) is 31.2 Å². The largest absolute Gasteiger partial charge is 0.378 e. The molecule has 2 nitrogen and oxygen atoms in total. The smallest absolute Gasteiger partial charge is 0.0745 e. The molecule has 0 aromatic rings. The van der Waals surface area contributed by atoms with E-state index in [2.05, 4.69) is 5.32 Å². The van der Waals surface area contributed by atoms with Gasteiger partial charge in [-0.3, -0.25) is 0 Å². The summed E-state index contributed by atoms with van der Waals surface area (Å²) in [6, 6.07) is 0.262. The van der Waals surface area contributed by atoms with Gasteiger partial charge in [-0.25, -0.2) is 0 Å². The number of hydrogen-bond acceptors (Lipinski definition) is 2. The molecule has 0 aromatic carbocycles. The first-order valence-electron chi connectivity index (χ1n) is 3.95. The van der Waals surface area contributed by atoms with E-state index in [0.29, 0.717) is 13.2 Å². The second-order valence-electron chi connectivity index (χ2n) is 3.00. The van der Waals surface area contributed by atoms with Gasteiger partial charge in [0.2, 0.25) is 0 Å². The van der Waals surface area contributed by atoms with Gasteiger partial charge >= 0.3 is 0 Å². The summed E-state index contributed by atoms with van der Waals surface area (Å²) in [7, 11) is 0. The second kappa shape index (κ2) is 5.07. The molecule has 1 N–H and O–H groups in total. The minimum atomic E-state index is 0.0909. The lowest BCUT2D eigenvalue weighted by Gasteiger charge is -2.13. The summed E-state index contributed by atoms with van der Waals surface area (Å²) in [4.78, 5) is 0. The third kappa shape index (κ3) is 2.94. The van der Waals surface area contributed by atoms with E-state index < -0.39 is 0 Å². The molecule has 0 aliphatic carbocycles. The van der Waals surface area contributed by atoms with Crippen LogP contribution in [0.4, 0.5) is 0 Å². The van der Waals surface area contributed by atoms with E-state index in [1.807, 2.05) is 6.92 Å². The fourth-order valence-electron chi connectivity index (χ4n) is 1.05. The first-order chi connectivity index (χ1) is 5.74. The van der Waals surface area contributed by atoms with Gasteiger partial charge in [0, 0.05) is 18.1 Å². The molecule has 0 radical (unpaired) electrons. The Balaban J connectivity index is 2.22. The van der Waals surface area contributed by atoms with Crippen LogP contribution in [0.25, 0.3) is 0 Å². The van der Waals surface area contributed by atoms with E-state index >= 15 is 0 Å². The standard InChI is InChI=1S/C8H13Cl2NO/c1-6(2-9)3-11-8-5-12-4-7(8)10/h2,7-8,11H,3-5H2,1H3/b6-2+. The number of nitrogens with one attached hydrogen (secondary N) is 1. The summed E-state index contributed by atoms with van der Waals surface area (Å²) in [5.74, 6) is 0. The molecular weight excluding hydrogens is 197 g/mol. The Morgan fingerprint density at radius 2 is 2.42 bits per heavy atom. The predicted octanol–water partition coefficient (Wildman–Crippen LogP) is 1.72. The fourth-order valence-corrected chi connectivity index (χ4v) is 1.37. The Kier molecular flexibility index (Phi) is 4.36. The van der Waals surface area contributed by atoms with Crippen LogP contribution in [0.15, 0.2) is 11.1 Å². The SMILES string of the molecule is C/C(=C\Cl)CNC1COCC1Cl. The molecule has 1 aliphatic rings. The molecular formula is C8H13Cl2NO. The van der Waals surface area contributed by atoms with Crippen molar-refractivity contribution >= 4 is 23.2 Å². The number of halogens is 2. The molecule has 1 heterocycles. The Morgan fingerprint density at radius 3 is 2.92 bits per heavy atom. The molecule has 0 spiro atoms. The Labute approximate surface area is 82.9 Å². The molecule has 0 amide bonds. The molecule has 2 atom stereocenters. The maximum atomic E-state index is 5.96. The molecule has 2 unspecified atom stereocenters. The lowest BCUT2D eigenvalue weighted by molar-refractivity contribution is 0.191. The van der Waals surface area contributed by atoms with Crippen molar-refractivity contribution in [3.63, 3.8) is 0 Å². The second-order valence-corrected chi connectivity index (χ2v) is 3.78. The third-order valence-corrected chi connectivity index (χ3v) is 2.64. The Hall–Kier alpha value is 0.240. The molecule has 70 valence electrons. The highest BCUT2D eigenvalue weighted by Crippen LogP contribution is 2.12. The quantitative estimate of drug-likeness (QED) is 0.716. The topological polar surface area (TPSA) is 21.3 Å². The molecule has 1 saturated heterocycles. The lowest BCUT2D eigenvalue weighted by atomic mass is 10.2. The first-order valence-corrected chi connectivity index (χ1v) is 4.82. The number of ether oxygens (including phenoxy) is 1. The average molecular weight is 210 g/mol. The van der Waals surface area contributed by atoms with Crippen molar-refractivity contribution in [3.05, 3.63) is 11.1 Å². The molecule has 0 saturated carbocycles. The maximum Gasteiger partial charge on any atom is 0.0745 e. The van der Waals surface area contributed by atoms with Crippen LogP contribution in [0.5, 0.6) is 0 Å². The van der Waals surface area contributed by atoms with Crippen LogP contribution < -0.4 is 5.32 Å². The van der Waals surface area contributed by atoms with Crippen LogP contribution in [0.2, 0.25) is 0 Å². The van der Waals surface area contributed by atoms with Crippen LogP contribution in [-0.2, 0) is 4.74 Å². The van der Waals surface area contributed by atoms with E-state index in [-0.39, 0.29) is 11.4 Å². The fraction of sp³-hybridized carbons (Fsp3) is 0.750. The molecule has 1 fully saturated rings. The summed E-state index contributed by atoms with van der Waals surface area (Å²) >= 11 is 11.5. The molecule has 1 rings (SSSR count). The minimum Gasteiger partial charge on any atom is -0.378 e. The van der Waals surface area contributed by atoms with Crippen molar-refractivity contribution in [1.29, 1.82) is 0 Å². The van der Waals surface area contributed by atoms with Crippen molar-refractivity contribution in [2.24, 2.45) is 0 Å². The summed E-state index contributed by atoms with van der Waals surface area (Å²) in [6.07, 6.45) is 0. The van der Waals surface area contributed by atoms with Crippen LogP contribution in [0, 0.1) is 0 Å². The average Bonchev–Trinajstić information content (AvgIpc) is 2.47. The van der Waals surface area contributed by atoms with Crippen LogP contribution in [0.1, 0.15) is 6.92 Å². The molecule has 1 aliphatic heterocycles. The molecule has 12 heavy (non-hydrogen) atoms. The third-order valence-electron chi connectivity index (χ3n) is 1.84. The van der Waals surface area contributed by atoms with Gasteiger partial charge in [0.1, 0.15) is 0 Å². The van der Waals surface area contributed by atoms with Crippen molar-refractivity contribution in [3.8, 4) is 0 Å². The van der Waals surface area contributed by atoms with Crippen molar-refractivity contribution in [2.75, 3.05) is 19.8 Å². The first kappa shape index (κ1) is 10.3. The normalized spacial score (nSPS) is 31.1. The highest BCUT2D eigenvalue weighted by atomic mass is 35.5. The van der Waals surface area contributed by atoms with Crippen molar-refractivity contribution in [2.45, 2.75) is 18.3 Å². The zero-order chi connectivity index (χ0) is 8.97. The zero-order valence-corrected chi connectivity index (χ0v) is 8.53. The van der Waals surface area contributed by atoms with Crippen LogP contribution >= 0.6 is 23.2 Å². The highest BCUT2D eigenvalue weighted by molar-refractivity contribution is 6.25. The van der Waals surface area contributed by atoms with Gasteiger partial charge in [-0.15, -0.1) is 11.6 Å². The number of rotatable bonds is 3. The number of hydrogen-bond donors (Lipinski definition) is 1. The van der Waals surface area contributed by atoms with Gasteiger partial charge in [0.25, 0.3) is 0 Å². The predicted molar refractivity (Wildman–Crippen MR) is 51.9 cm³/mol. The van der Waals surface area contributed by atoms with Gasteiger partial charge in [-0.05, 0) is 12.5 Å². The molecule has 0 bridgehead atoms. The summed E-state index contributed by atoms with van der Waals surface area (Å²) in [5, 5.41) is 3.36. The summed E-state index contributed by atoms with van der Waals surface area (Å²) < 4.78 is 5.19. The van der Waals surface area contributed by atoms with E-state index in [0.717, 1.165) is 12.1 Å².